The minimum absolute atomic E-state index is 0.0516. The van der Waals surface area contributed by atoms with Gasteiger partial charge in [-0.2, -0.15) is 17.0 Å². The molecule has 1 aliphatic rings. The molecule has 0 spiro atoms. The lowest BCUT2D eigenvalue weighted by Crippen LogP contribution is -2.48. The van der Waals surface area contributed by atoms with E-state index in [2.05, 4.69) is 12.2 Å². The molecule has 7 heteroatoms. The molecule has 1 fully saturated rings. The second-order valence-corrected chi connectivity index (χ2v) is 8.04. The Labute approximate surface area is 135 Å². The first-order valence-electron chi connectivity index (χ1n) is 8.42. The summed E-state index contributed by atoms with van der Waals surface area (Å²) in [5.41, 5.74) is 0. The Bertz CT molecular complexity index is 431. The summed E-state index contributed by atoms with van der Waals surface area (Å²) >= 11 is 0. The van der Waals surface area contributed by atoms with Crippen molar-refractivity contribution in [2.75, 3.05) is 33.2 Å². The standard InChI is InChI=1S/C15H31N3O3S/c1-4-6-10-16-15(19)14-8-12-18(13-9-14)22(20,21)17(3)11-7-5-2/h14H,4-13H2,1-3H3,(H,16,19). The molecule has 22 heavy (non-hydrogen) atoms. The second-order valence-electron chi connectivity index (χ2n) is 6.00. The van der Waals surface area contributed by atoms with Gasteiger partial charge in [0.2, 0.25) is 5.91 Å². The van der Waals surface area contributed by atoms with Gasteiger partial charge in [0.1, 0.15) is 0 Å². The SMILES string of the molecule is CCCCNC(=O)C1CCN(S(=O)(=O)N(C)CCCC)CC1. The van der Waals surface area contributed by atoms with E-state index in [-0.39, 0.29) is 11.8 Å². The molecular weight excluding hydrogens is 302 g/mol. The van der Waals surface area contributed by atoms with Gasteiger partial charge in [0, 0.05) is 39.1 Å². The minimum atomic E-state index is -3.37. The van der Waals surface area contributed by atoms with Crippen LogP contribution in [-0.4, -0.2) is 56.2 Å². The van der Waals surface area contributed by atoms with Gasteiger partial charge >= 0.3 is 0 Å². The summed E-state index contributed by atoms with van der Waals surface area (Å²) in [6.07, 6.45) is 5.10. The number of hydrogen-bond donors (Lipinski definition) is 1. The summed E-state index contributed by atoms with van der Waals surface area (Å²) in [5.74, 6) is 0.0223. The van der Waals surface area contributed by atoms with Crippen LogP contribution in [0.2, 0.25) is 0 Å². The fourth-order valence-electron chi connectivity index (χ4n) is 2.57. The van der Waals surface area contributed by atoms with Gasteiger partial charge in [-0.05, 0) is 25.7 Å². The van der Waals surface area contributed by atoms with Crippen LogP contribution in [-0.2, 0) is 15.0 Å². The number of unbranched alkanes of at least 4 members (excludes halogenated alkanes) is 2. The fourth-order valence-corrected chi connectivity index (χ4v) is 4.00. The van der Waals surface area contributed by atoms with Gasteiger partial charge < -0.3 is 5.32 Å². The first kappa shape index (κ1) is 19.4. The number of rotatable bonds is 9. The molecule has 0 aromatic heterocycles. The number of amides is 1. The topological polar surface area (TPSA) is 69.7 Å². The van der Waals surface area contributed by atoms with Crippen molar-refractivity contribution in [3.05, 3.63) is 0 Å². The third-order valence-electron chi connectivity index (χ3n) is 4.20. The number of hydrogen-bond acceptors (Lipinski definition) is 3. The highest BCUT2D eigenvalue weighted by Crippen LogP contribution is 2.21. The molecule has 0 radical (unpaired) electrons. The van der Waals surface area contributed by atoms with E-state index < -0.39 is 10.2 Å². The zero-order valence-electron chi connectivity index (χ0n) is 14.2. The highest BCUT2D eigenvalue weighted by atomic mass is 32.2. The normalized spacial score (nSPS) is 17.8. The number of nitrogens with one attached hydrogen (secondary N) is 1. The Morgan fingerprint density at radius 3 is 2.32 bits per heavy atom. The summed E-state index contributed by atoms with van der Waals surface area (Å²) in [7, 11) is -1.74. The van der Waals surface area contributed by atoms with Gasteiger partial charge in [0.15, 0.2) is 0 Å². The number of nitrogens with zero attached hydrogens (tertiary/aromatic N) is 2. The van der Waals surface area contributed by atoms with Gasteiger partial charge in [0.05, 0.1) is 0 Å². The maximum Gasteiger partial charge on any atom is 0.281 e. The summed E-state index contributed by atoms with van der Waals surface area (Å²) in [6.45, 7) is 6.27. The molecule has 1 N–H and O–H groups in total. The zero-order chi connectivity index (χ0) is 16.6. The quantitative estimate of drug-likeness (QED) is 0.652. The van der Waals surface area contributed by atoms with Crippen LogP contribution in [0.1, 0.15) is 52.4 Å². The van der Waals surface area contributed by atoms with Gasteiger partial charge in [0.25, 0.3) is 10.2 Å². The number of piperidine rings is 1. The lowest BCUT2D eigenvalue weighted by Gasteiger charge is -2.33. The summed E-state index contributed by atoms with van der Waals surface area (Å²) in [6, 6.07) is 0. The van der Waals surface area contributed by atoms with Crippen molar-refractivity contribution >= 4 is 16.1 Å². The van der Waals surface area contributed by atoms with Crippen LogP contribution in [0.5, 0.6) is 0 Å². The first-order valence-corrected chi connectivity index (χ1v) is 9.82. The lowest BCUT2D eigenvalue weighted by atomic mass is 9.97. The van der Waals surface area contributed by atoms with Crippen LogP contribution < -0.4 is 5.32 Å². The average molecular weight is 333 g/mol. The Morgan fingerprint density at radius 2 is 1.77 bits per heavy atom. The molecule has 0 aliphatic carbocycles. The van der Waals surface area contributed by atoms with Crippen LogP contribution in [0.4, 0.5) is 0 Å². The van der Waals surface area contributed by atoms with Crippen LogP contribution in [0, 0.1) is 5.92 Å². The predicted molar refractivity (Wildman–Crippen MR) is 88.7 cm³/mol. The molecule has 0 atom stereocenters. The van der Waals surface area contributed by atoms with E-state index in [1.807, 2.05) is 6.92 Å². The van der Waals surface area contributed by atoms with Crippen molar-refractivity contribution in [1.29, 1.82) is 0 Å². The van der Waals surface area contributed by atoms with Crippen molar-refractivity contribution < 1.29 is 13.2 Å². The molecule has 0 unspecified atom stereocenters. The van der Waals surface area contributed by atoms with Gasteiger partial charge in [-0.1, -0.05) is 26.7 Å². The maximum atomic E-state index is 12.4. The zero-order valence-corrected chi connectivity index (χ0v) is 15.0. The third kappa shape index (κ3) is 5.52. The molecule has 0 aromatic rings. The Hall–Kier alpha value is -0.660. The van der Waals surface area contributed by atoms with E-state index in [1.165, 1.54) is 8.61 Å². The highest BCUT2D eigenvalue weighted by molar-refractivity contribution is 7.86. The Kier molecular flexibility index (Phi) is 8.35. The van der Waals surface area contributed by atoms with Gasteiger partial charge in [-0.15, -0.1) is 0 Å². The van der Waals surface area contributed by atoms with Crippen LogP contribution in [0.15, 0.2) is 0 Å². The van der Waals surface area contributed by atoms with Gasteiger partial charge in [-0.25, -0.2) is 0 Å². The molecule has 0 bridgehead atoms. The second kappa shape index (κ2) is 9.47. The van der Waals surface area contributed by atoms with Crippen molar-refractivity contribution in [2.45, 2.75) is 52.4 Å². The minimum Gasteiger partial charge on any atom is -0.356 e. The number of carbonyl (C=O) groups is 1. The Morgan fingerprint density at radius 1 is 1.18 bits per heavy atom. The number of carbonyl (C=O) groups excluding carboxylic acids is 1. The van der Waals surface area contributed by atoms with E-state index in [1.54, 1.807) is 7.05 Å². The first-order chi connectivity index (χ1) is 10.4. The molecule has 1 saturated heterocycles. The van der Waals surface area contributed by atoms with E-state index in [4.69, 9.17) is 0 Å². The van der Waals surface area contributed by atoms with E-state index >= 15 is 0 Å². The highest BCUT2D eigenvalue weighted by Gasteiger charge is 2.32. The van der Waals surface area contributed by atoms with Crippen LogP contribution in [0.3, 0.4) is 0 Å². The predicted octanol–water partition coefficient (Wildman–Crippen LogP) is 1.59. The fraction of sp³-hybridized carbons (Fsp3) is 0.933. The van der Waals surface area contributed by atoms with Crippen LogP contribution >= 0.6 is 0 Å². The summed E-state index contributed by atoms with van der Waals surface area (Å²) < 4.78 is 27.8. The molecule has 1 amide bonds. The molecule has 6 nitrogen and oxygen atoms in total. The molecule has 1 aliphatic heterocycles. The smallest absolute Gasteiger partial charge is 0.281 e. The van der Waals surface area contributed by atoms with E-state index in [0.29, 0.717) is 39.0 Å². The molecule has 1 heterocycles. The molecular formula is C15H31N3O3S. The van der Waals surface area contributed by atoms with E-state index in [0.717, 1.165) is 25.7 Å². The third-order valence-corrected chi connectivity index (χ3v) is 6.19. The lowest BCUT2D eigenvalue weighted by molar-refractivity contribution is -0.126. The average Bonchev–Trinajstić information content (AvgIpc) is 2.52. The van der Waals surface area contributed by atoms with Crippen molar-refractivity contribution in [3.63, 3.8) is 0 Å². The largest absolute Gasteiger partial charge is 0.356 e. The van der Waals surface area contributed by atoms with E-state index in [9.17, 15) is 13.2 Å². The monoisotopic (exact) mass is 333 g/mol. The summed E-state index contributed by atoms with van der Waals surface area (Å²) in [4.78, 5) is 12.0. The molecule has 1 rings (SSSR count). The maximum absolute atomic E-state index is 12.4. The Balaban J connectivity index is 2.45. The molecule has 0 aromatic carbocycles. The van der Waals surface area contributed by atoms with Crippen LogP contribution in [0.25, 0.3) is 0 Å². The van der Waals surface area contributed by atoms with Crippen molar-refractivity contribution in [1.82, 2.24) is 13.9 Å². The molecule has 130 valence electrons. The summed E-state index contributed by atoms with van der Waals surface area (Å²) in [5, 5.41) is 2.94. The molecule has 0 saturated carbocycles. The van der Waals surface area contributed by atoms with Crippen molar-refractivity contribution in [2.24, 2.45) is 5.92 Å². The van der Waals surface area contributed by atoms with Gasteiger partial charge in [-0.3, -0.25) is 4.79 Å². The van der Waals surface area contributed by atoms with Crippen molar-refractivity contribution in [3.8, 4) is 0 Å².